The maximum Gasteiger partial charge on any atom is 0.337 e. The first-order valence-electron chi connectivity index (χ1n) is 12.7. The molecule has 14 heteroatoms. The summed E-state index contributed by atoms with van der Waals surface area (Å²) in [4.78, 5) is 36.8. The third kappa shape index (κ3) is 8.48. The molecule has 1 fully saturated rings. The second-order valence-electron chi connectivity index (χ2n) is 9.27. The molecule has 2 aliphatic heterocycles. The van der Waals surface area contributed by atoms with Gasteiger partial charge in [0.05, 0.1) is 38.6 Å². The van der Waals surface area contributed by atoms with Crippen LogP contribution in [-0.2, 0) is 49.2 Å². The number of aliphatic hydroxyl groups excluding tert-OH is 4. The van der Waals surface area contributed by atoms with Crippen molar-refractivity contribution in [2.24, 2.45) is 5.92 Å². The zero-order chi connectivity index (χ0) is 30.1. The molecule has 3 rings (SSSR count). The van der Waals surface area contributed by atoms with Crippen LogP contribution in [0.4, 0.5) is 0 Å². The van der Waals surface area contributed by atoms with E-state index in [9.17, 15) is 39.9 Å². The van der Waals surface area contributed by atoms with Gasteiger partial charge in [0.25, 0.3) is 0 Å². The molecular weight excluding hydrogens is 548 g/mol. The van der Waals surface area contributed by atoms with E-state index in [0.717, 1.165) is 18.9 Å². The maximum absolute atomic E-state index is 12.9. The lowest BCUT2D eigenvalue weighted by molar-refractivity contribution is -0.327. The monoisotopic (exact) mass is 582 g/mol. The fourth-order valence-electron chi connectivity index (χ4n) is 4.25. The first-order valence-corrected chi connectivity index (χ1v) is 12.7. The van der Waals surface area contributed by atoms with Gasteiger partial charge >= 0.3 is 17.9 Å². The molecule has 2 heterocycles. The zero-order valence-electron chi connectivity index (χ0n) is 22.5. The highest BCUT2D eigenvalue weighted by Gasteiger charge is 2.47. The summed E-state index contributed by atoms with van der Waals surface area (Å²) in [6, 6.07) is 6.36. The highest BCUT2D eigenvalue weighted by atomic mass is 16.8. The van der Waals surface area contributed by atoms with Crippen LogP contribution < -0.4 is 0 Å². The lowest BCUT2D eigenvalue weighted by Gasteiger charge is -2.42. The largest absolute Gasteiger partial charge is 0.508 e. The highest BCUT2D eigenvalue weighted by molar-refractivity contribution is 5.90. The van der Waals surface area contributed by atoms with Crippen molar-refractivity contribution in [1.82, 2.24) is 0 Å². The lowest BCUT2D eigenvalue weighted by Crippen LogP contribution is -2.60. The number of ether oxygens (including phenoxy) is 6. The Labute approximate surface area is 235 Å². The van der Waals surface area contributed by atoms with Crippen molar-refractivity contribution in [3.8, 4) is 5.75 Å². The average Bonchev–Trinajstić information content (AvgIpc) is 2.95. The predicted molar refractivity (Wildman–Crippen MR) is 135 cm³/mol. The molecule has 1 saturated heterocycles. The number of carbonyl (C=O) groups is 3. The standard InChI is InChI=1S/C27H34O14/c1-14(29)37-10-8-17-18(11-21(31)38-9-7-15-3-5-16(30)6-4-15)19(25(35)36-2)13-39-26(17)41-27-24(34)23(33)22(32)20(12-28)40-27/h3-6,8,13,18,20,22-24,26-28,30,32-34H,7,9-12H2,1-2H3/b17-8+/t18-,20+,22+,23-,24+,26-,27-/m0/s1. The molecule has 0 amide bonds. The summed E-state index contributed by atoms with van der Waals surface area (Å²) in [7, 11) is 1.13. The summed E-state index contributed by atoms with van der Waals surface area (Å²) in [5.41, 5.74) is 0.846. The number of esters is 3. The number of hydrogen-bond acceptors (Lipinski definition) is 14. The van der Waals surface area contributed by atoms with Gasteiger partial charge in [0, 0.05) is 24.8 Å². The molecule has 0 saturated carbocycles. The van der Waals surface area contributed by atoms with E-state index in [1.165, 1.54) is 25.1 Å². The Morgan fingerprint density at radius 2 is 1.73 bits per heavy atom. The van der Waals surface area contributed by atoms with E-state index in [0.29, 0.717) is 6.42 Å². The molecule has 41 heavy (non-hydrogen) atoms. The molecule has 0 aromatic heterocycles. The van der Waals surface area contributed by atoms with Gasteiger partial charge < -0.3 is 54.0 Å². The van der Waals surface area contributed by atoms with Gasteiger partial charge in [-0.25, -0.2) is 4.79 Å². The second-order valence-corrected chi connectivity index (χ2v) is 9.27. The van der Waals surface area contributed by atoms with Gasteiger partial charge in [-0.1, -0.05) is 12.1 Å². The third-order valence-corrected chi connectivity index (χ3v) is 6.46. The number of benzene rings is 1. The quantitative estimate of drug-likeness (QED) is 0.123. The van der Waals surface area contributed by atoms with Crippen molar-refractivity contribution in [1.29, 1.82) is 0 Å². The van der Waals surface area contributed by atoms with Crippen molar-refractivity contribution in [3.63, 3.8) is 0 Å². The van der Waals surface area contributed by atoms with Crippen LogP contribution in [0.15, 0.2) is 47.7 Å². The summed E-state index contributed by atoms with van der Waals surface area (Å²) in [5.74, 6) is -3.09. The van der Waals surface area contributed by atoms with E-state index >= 15 is 0 Å². The molecule has 1 aromatic carbocycles. The summed E-state index contributed by atoms with van der Waals surface area (Å²) in [5, 5.41) is 49.5. The second kappa shape index (κ2) is 14.9. The minimum Gasteiger partial charge on any atom is -0.508 e. The van der Waals surface area contributed by atoms with E-state index in [4.69, 9.17) is 28.4 Å². The van der Waals surface area contributed by atoms with Crippen LogP contribution in [0.5, 0.6) is 5.75 Å². The number of methoxy groups -OCH3 is 1. The average molecular weight is 583 g/mol. The molecular formula is C27H34O14. The molecule has 5 N–H and O–H groups in total. The third-order valence-electron chi connectivity index (χ3n) is 6.46. The number of aliphatic hydroxyl groups is 4. The van der Waals surface area contributed by atoms with Crippen LogP contribution in [-0.4, -0.2) is 107 Å². The number of carbonyl (C=O) groups excluding carboxylic acids is 3. The van der Waals surface area contributed by atoms with Crippen molar-refractivity contribution >= 4 is 17.9 Å². The Kier molecular flexibility index (Phi) is 11.6. The number of phenolic OH excluding ortho intramolecular Hbond substituents is 1. The van der Waals surface area contributed by atoms with Gasteiger partial charge in [0.15, 0.2) is 6.29 Å². The number of rotatable bonds is 11. The fraction of sp³-hybridized carbons (Fsp3) is 0.519. The summed E-state index contributed by atoms with van der Waals surface area (Å²) in [6.07, 6.45) is -7.11. The zero-order valence-corrected chi connectivity index (χ0v) is 22.5. The molecule has 2 aliphatic rings. The van der Waals surface area contributed by atoms with Gasteiger partial charge in [-0.3, -0.25) is 9.59 Å². The van der Waals surface area contributed by atoms with E-state index in [-0.39, 0.29) is 36.5 Å². The number of hydrogen-bond donors (Lipinski definition) is 5. The summed E-state index contributed by atoms with van der Waals surface area (Å²) >= 11 is 0. The van der Waals surface area contributed by atoms with Crippen LogP contribution in [0.25, 0.3) is 0 Å². The summed E-state index contributed by atoms with van der Waals surface area (Å²) in [6.45, 7) is 0.182. The van der Waals surface area contributed by atoms with Crippen molar-refractivity contribution in [3.05, 3.63) is 53.3 Å². The van der Waals surface area contributed by atoms with Crippen LogP contribution in [0.1, 0.15) is 18.9 Å². The predicted octanol–water partition coefficient (Wildman–Crippen LogP) is -0.797. The van der Waals surface area contributed by atoms with Gasteiger partial charge in [-0.2, -0.15) is 0 Å². The van der Waals surface area contributed by atoms with Gasteiger partial charge in [0.1, 0.15) is 36.8 Å². The number of aromatic hydroxyl groups is 1. The Morgan fingerprint density at radius 1 is 1.02 bits per heavy atom. The van der Waals surface area contributed by atoms with Gasteiger partial charge in [-0.05, 0) is 23.8 Å². The first kappa shape index (κ1) is 32.0. The normalized spacial score (nSPS) is 28.8. The van der Waals surface area contributed by atoms with E-state index < -0.39 is 67.4 Å². The highest BCUT2D eigenvalue weighted by Crippen LogP contribution is 2.36. The lowest BCUT2D eigenvalue weighted by atomic mass is 9.86. The molecule has 7 atom stereocenters. The van der Waals surface area contributed by atoms with Crippen molar-refractivity contribution < 1.29 is 68.3 Å². The van der Waals surface area contributed by atoms with Gasteiger partial charge in [-0.15, -0.1) is 0 Å². The molecule has 14 nitrogen and oxygen atoms in total. The molecule has 0 aliphatic carbocycles. The molecule has 0 unspecified atom stereocenters. The molecule has 1 aromatic rings. The van der Waals surface area contributed by atoms with Crippen molar-refractivity contribution in [2.45, 2.75) is 56.8 Å². The number of phenols is 1. The SMILES string of the molecule is COC(=O)C1=CO[C@@H](O[C@@H]2O[C@H](CO)[C@@H](O)[C@H](O)[C@H]2O)/C(=C/COC(C)=O)[C@@H]1CC(=O)OCCc1ccc(O)cc1. The minimum absolute atomic E-state index is 0.00138. The smallest absolute Gasteiger partial charge is 0.337 e. The minimum atomic E-state index is -1.76. The van der Waals surface area contributed by atoms with Crippen LogP contribution in [0, 0.1) is 5.92 Å². The van der Waals surface area contributed by atoms with Crippen LogP contribution in [0.3, 0.4) is 0 Å². The first-order chi connectivity index (χ1) is 19.5. The van der Waals surface area contributed by atoms with Gasteiger partial charge in [0.2, 0.25) is 6.29 Å². The Bertz CT molecular complexity index is 1110. The van der Waals surface area contributed by atoms with Crippen LogP contribution in [0.2, 0.25) is 0 Å². The van der Waals surface area contributed by atoms with Crippen molar-refractivity contribution in [2.75, 3.05) is 26.9 Å². The fourth-order valence-corrected chi connectivity index (χ4v) is 4.25. The Balaban J connectivity index is 1.82. The Morgan fingerprint density at radius 3 is 2.37 bits per heavy atom. The molecule has 0 bridgehead atoms. The molecule has 0 spiro atoms. The maximum atomic E-state index is 12.9. The van der Waals surface area contributed by atoms with E-state index in [1.807, 2.05) is 0 Å². The van der Waals surface area contributed by atoms with E-state index in [2.05, 4.69) is 0 Å². The Hall–Kier alpha value is -3.53. The van der Waals surface area contributed by atoms with E-state index in [1.54, 1.807) is 12.1 Å². The topological polar surface area (TPSA) is 208 Å². The molecule has 226 valence electrons. The molecule has 0 radical (unpaired) electrons. The summed E-state index contributed by atoms with van der Waals surface area (Å²) < 4.78 is 31.9. The van der Waals surface area contributed by atoms with Crippen LogP contribution >= 0.6 is 0 Å².